The zero-order chi connectivity index (χ0) is 16.2. The lowest BCUT2D eigenvalue weighted by atomic mass is 10.2. The summed E-state index contributed by atoms with van der Waals surface area (Å²) in [5, 5.41) is 3.91. The van der Waals surface area contributed by atoms with Gasteiger partial charge in [0.1, 0.15) is 5.70 Å². The van der Waals surface area contributed by atoms with Gasteiger partial charge in [0.15, 0.2) is 5.11 Å². The maximum atomic E-state index is 12.5. The van der Waals surface area contributed by atoms with Crippen molar-refractivity contribution in [3.63, 3.8) is 0 Å². The monoisotopic (exact) mass is 340 g/mol. The van der Waals surface area contributed by atoms with Crippen molar-refractivity contribution in [3.8, 4) is 0 Å². The minimum absolute atomic E-state index is 0.185. The average Bonchev–Trinajstić information content (AvgIpc) is 2.84. The molecule has 1 aliphatic rings. The van der Waals surface area contributed by atoms with E-state index in [1.165, 1.54) is 4.90 Å². The van der Waals surface area contributed by atoms with E-state index in [9.17, 15) is 4.79 Å². The molecule has 5 heteroatoms. The second kappa shape index (κ2) is 6.77. The molecule has 1 heterocycles. The van der Waals surface area contributed by atoms with Crippen molar-refractivity contribution in [2.75, 3.05) is 4.90 Å². The smallest absolute Gasteiger partial charge is 0.281 e. The zero-order valence-electron chi connectivity index (χ0n) is 12.1. The van der Waals surface area contributed by atoms with Gasteiger partial charge in [-0.3, -0.25) is 9.69 Å². The van der Waals surface area contributed by atoms with Crippen LogP contribution in [0.1, 0.15) is 5.56 Å². The number of anilines is 1. The number of amides is 1. The highest BCUT2D eigenvalue weighted by Gasteiger charge is 2.31. The first-order valence-corrected chi connectivity index (χ1v) is 7.78. The van der Waals surface area contributed by atoms with Crippen LogP contribution in [0.3, 0.4) is 0 Å². The summed E-state index contributed by atoms with van der Waals surface area (Å²) in [6.07, 6.45) is 5.47. The molecule has 0 unspecified atom stereocenters. The fourth-order valence-electron chi connectivity index (χ4n) is 2.19. The first-order valence-electron chi connectivity index (χ1n) is 6.99. The van der Waals surface area contributed by atoms with Crippen molar-refractivity contribution in [3.05, 3.63) is 83.0 Å². The highest BCUT2D eigenvalue weighted by atomic mass is 35.5. The molecule has 0 aliphatic carbocycles. The van der Waals surface area contributed by atoms with E-state index in [2.05, 4.69) is 5.32 Å². The molecule has 3 rings (SSSR count). The number of benzene rings is 2. The molecule has 3 nitrogen and oxygen atoms in total. The van der Waals surface area contributed by atoms with E-state index in [0.717, 1.165) is 5.56 Å². The normalized spacial score (nSPS) is 16.4. The van der Waals surface area contributed by atoms with Crippen molar-refractivity contribution in [1.29, 1.82) is 0 Å². The third-order valence-corrected chi connectivity index (χ3v) is 3.85. The second-order valence-electron chi connectivity index (χ2n) is 4.90. The molecule has 1 amide bonds. The Bertz CT molecular complexity index is 798. The van der Waals surface area contributed by atoms with E-state index < -0.39 is 0 Å². The van der Waals surface area contributed by atoms with Gasteiger partial charge >= 0.3 is 0 Å². The molecule has 114 valence electrons. The number of hydrogen-bond acceptors (Lipinski definition) is 2. The number of rotatable bonds is 3. The van der Waals surface area contributed by atoms with E-state index >= 15 is 0 Å². The summed E-state index contributed by atoms with van der Waals surface area (Å²) in [6.45, 7) is 0. The van der Waals surface area contributed by atoms with Crippen LogP contribution in [0.5, 0.6) is 0 Å². The van der Waals surface area contributed by atoms with Gasteiger partial charge in [-0.2, -0.15) is 0 Å². The van der Waals surface area contributed by atoms with Gasteiger partial charge in [0.05, 0.1) is 5.69 Å². The first-order chi connectivity index (χ1) is 11.1. The van der Waals surface area contributed by atoms with Crippen LogP contribution < -0.4 is 10.2 Å². The molecule has 0 spiro atoms. The van der Waals surface area contributed by atoms with Gasteiger partial charge in [-0.15, -0.1) is 0 Å². The molecule has 1 aliphatic heterocycles. The van der Waals surface area contributed by atoms with Gasteiger partial charge in [-0.25, -0.2) is 0 Å². The fourth-order valence-corrected chi connectivity index (χ4v) is 2.62. The quantitative estimate of drug-likeness (QED) is 0.672. The Morgan fingerprint density at radius 1 is 1.04 bits per heavy atom. The summed E-state index contributed by atoms with van der Waals surface area (Å²) in [7, 11) is 0. The molecule has 0 bridgehead atoms. The number of thiocarbonyl (C=S) groups is 1. The van der Waals surface area contributed by atoms with Gasteiger partial charge in [-0.05, 0) is 48.1 Å². The summed E-state index contributed by atoms with van der Waals surface area (Å²) < 4.78 is 0. The van der Waals surface area contributed by atoms with Crippen LogP contribution in [0.25, 0.3) is 6.08 Å². The molecular formula is C18H13ClN2OS. The Kier molecular flexibility index (Phi) is 4.55. The van der Waals surface area contributed by atoms with Gasteiger partial charge in [0.25, 0.3) is 5.91 Å². The molecule has 0 atom stereocenters. The predicted molar refractivity (Wildman–Crippen MR) is 98.2 cm³/mol. The van der Waals surface area contributed by atoms with Crippen molar-refractivity contribution in [1.82, 2.24) is 5.32 Å². The van der Waals surface area contributed by atoms with Crippen molar-refractivity contribution in [2.24, 2.45) is 0 Å². The number of hydrogen-bond donors (Lipinski definition) is 1. The number of allylic oxidation sites excluding steroid dienone is 2. The molecule has 1 fully saturated rings. The molecule has 0 radical (unpaired) electrons. The van der Waals surface area contributed by atoms with E-state index in [1.54, 1.807) is 30.3 Å². The highest BCUT2D eigenvalue weighted by molar-refractivity contribution is 7.80. The maximum Gasteiger partial charge on any atom is 0.281 e. The summed E-state index contributed by atoms with van der Waals surface area (Å²) in [5.74, 6) is -0.185. The van der Waals surface area contributed by atoms with Crippen LogP contribution >= 0.6 is 23.8 Å². The highest BCUT2D eigenvalue weighted by Crippen LogP contribution is 2.23. The number of carbonyl (C=O) groups is 1. The average molecular weight is 341 g/mol. The topological polar surface area (TPSA) is 32.3 Å². The van der Waals surface area contributed by atoms with E-state index in [4.69, 9.17) is 23.8 Å². The van der Waals surface area contributed by atoms with Gasteiger partial charge in [-0.1, -0.05) is 54.1 Å². The van der Waals surface area contributed by atoms with E-state index in [0.29, 0.717) is 21.5 Å². The fraction of sp³-hybridized carbons (Fsp3) is 0. The van der Waals surface area contributed by atoms with Gasteiger partial charge < -0.3 is 5.32 Å². The van der Waals surface area contributed by atoms with Crippen LogP contribution in [-0.2, 0) is 4.79 Å². The summed E-state index contributed by atoms with van der Waals surface area (Å²) in [6, 6.07) is 16.8. The zero-order valence-corrected chi connectivity index (χ0v) is 13.6. The Labute approximate surface area is 144 Å². The molecule has 0 saturated carbocycles. The minimum atomic E-state index is -0.185. The van der Waals surface area contributed by atoms with Crippen LogP contribution in [0.4, 0.5) is 5.69 Å². The van der Waals surface area contributed by atoms with E-state index in [1.807, 2.05) is 42.5 Å². The van der Waals surface area contributed by atoms with Crippen molar-refractivity contribution in [2.45, 2.75) is 0 Å². The molecule has 1 saturated heterocycles. The molecule has 0 aromatic heterocycles. The predicted octanol–water partition coefficient (Wildman–Crippen LogP) is 4.16. The van der Waals surface area contributed by atoms with Crippen LogP contribution in [-0.4, -0.2) is 11.0 Å². The van der Waals surface area contributed by atoms with Gasteiger partial charge in [0.2, 0.25) is 0 Å². The first kappa shape index (κ1) is 15.5. The Morgan fingerprint density at radius 3 is 2.43 bits per heavy atom. The number of nitrogens with zero attached hydrogens (tertiary/aromatic N) is 1. The Hall–Kier alpha value is -2.43. The SMILES string of the molecule is O=C1/C(=C\C=C\c2ccccc2)NC(=S)N1c1ccc(Cl)cc1. The van der Waals surface area contributed by atoms with Gasteiger partial charge in [0, 0.05) is 5.02 Å². The molecule has 2 aromatic carbocycles. The second-order valence-corrected chi connectivity index (χ2v) is 5.72. The molecular weight excluding hydrogens is 328 g/mol. The van der Waals surface area contributed by atoms with Crippen molar-refractivity contribution < 1.29 is 4.79 Å². The Morgan fingerprint density at radius 2 is 1.74 bits per heavy atom. The van der Waals surface area contributed by atoms with Crippen LogP contribution in [0, 0.1) is 0 Å². The standard InChI is InChI=1S/C18H13ClN2OS/c19-14-9-11-15(12-10-14)21-17(22)16(20-18(21)23)8-4-7-13-5-2-1-3-6-13/h1-12H,(H,20,23)/b7-4+,16-8+. The third kappa shape index (κ3) is 3.50. The molecule has 23 heavy (non-hydrogen) atoms. The number of halogens is 1. The number of carbonyl (C=O) groups excluding carboxylic acids is 1. The van der Waals surface area contributed by atoms with Crippen LogP contribution in [0.2, 0.25) is 5.02 Å². The molecule has 1 N–H and O–H groups in total. The summed E-state index contributed by atoms with van der Waals surface area (Å²) >= 11 is 11.1. The number of nitrogens with one attached hydrogen (secondary N) is 1. The largest absolute Gasteiger partial charge is 0.327 e. The molecule has 2 aromatic rings. The summed E-state index contributed by atoms with van der Waals surface area (Å²) in [4.78, 5) is 13.9. The van der Waals surface area contributed by atoms with E-state index in [-0.39, 0.29) is 5.91 Å². The Balaban J connectivity index is 1.79. The minimum Gasteiger partial charge on any atom is -0.327 e. The van der Waals surface area contributed by atoms with Crippen molar-refractivity contribution >= 4 is 46.6 Å². The summed E-state index contributed by atoms with van der Waals surface area (Å²) in [5.41, 5.74) is 2.19. The lowest BCUT2D eigenvalue weighted by Crippen LogP contribution is -2.30. The van der Waals surface area contributed by atoms with Crippen LogP contribution in [0.15, 0.2) is 72.4 Å². The third-order valence-electron chi connectivity index (χ3n) is 3.31. The lowest BCUT2D eigenvalue weighted by Gasteiger charge is -2.13. The maximum absolute atomic E-state index is 12.5. The lowest BCUT2D eigenvalue weighted by molar-refractivity contribution is -0.113.